The quantitative estimate of drug-likeness (QED) is 0.591. The van der Waals surface area contributed by atoms with Crippen LogP contribution < -0.4 is 0 Å². The van der Waals surface area contributed by atoms with Crippen LogP contribution in [0.2, 0.25) is 0 Å². The van der Waals surface area contributed by atoms with Gasteiger partial charge in [0, 0.05) is 16.5 Å². The van der Waals surface area contributed by atoms with Gasteiger partial charge in [-0.2, -0.15) is 0 Å². The number of ether oxygens (including phenoxy) is 1. The SMILES string of the molecule is CCOC(=O)c1[nH]c2ccccc2c1C(=O)c1ccccc1. The zero-order valence-electron chi connectivity index (χ0n) is 12.1. The number of para-hydroxylation sites is 1. The summed E-state index contributed by atoms with van der Waals surface area (Å²) >= 11 is 0. The molecule has 0 aliphatic heterocycles. The first-order valence-corrected chi connectivity index (χ1v) is 7.10. The third kappa shape index (κ3) is 2.39. The van der Waals surface area contributed by atoms with E-state index in [0.29, 0.717) is 11.1 Å². The number of aromatic amines is 1. The highest BCUT2D eigenvalue weighted by Gasteiger charge is 2.24. The highest BCUT2D eigenvalue weighted by Crippen LogP contribution is 2.25. The van der Waals surface area contributed by atoms with Crippen LogP contribution in [-0.4, -0.2) is 23.3 Å². The van der Waals surface area contributed by atoms with Crippen molar-refractivity contribution >= 4 is 22.7 Å². The van der Waals surface area contributed by atoms with Gasteiger partial charge in [-0.25, -0.2) is 4.79 Å². The Hall–Kier alpha value is -2.88. The standard InChI is InChI=1S/C18H15NO3/c1-2-22-18(21)16-15(13-10-6-7-11-14(13)19-16)17(20)12-8-4-3-5-9-12/h3-11,19H,2H2,1H3. The van der Waals surface area contributed by atoms with Crippen molar-refractivity contribution in [2.45, 2.75) is 6.92 Å². The molecule has 1 heterocycles. The largest absolute Gasteiger partial charge is 0.461 e. The van der Waals surface area contributed by atoms with Crippen LogP contribution in [0.25, 0.3) is 10.9 Å². The van der Waals surface area contributed by atoms with Gasteiger partial charge in [0.2, 0.25) is 0 Å². The molecule has 4 heteroatoms. The van der Waals surface area contributed by atoms with Crippen molar-refractivity contribution in [2.24, 2.45) is 0 Å². The Balaban J connectivity index is 2.20. The zero-order valence-corrected chi connectivity index (χ0v) is 12.1. The van der Waals surface area contributed by atoms with Crippen LogP contribution in [0.5, 0.6) is 0 Å². The number of esters is 1. The van der Waals surface area contributed by atoms with Crippen LogP contribution >= 0.6 is 0 Å². The molecule has 0 aliphatic rings. The fourth-order valence-electron chi connectivity index (χ4n) is 2.47. The number of fused-ring (bicyclic) bond motifs is 1. The van der Waals surface area contributed by atoms with Crippen molar-refractivity contribution in [2.75, 3.05) is 6.61 Å². The molecule has 0 bridgehead atoms. The van der Waals surface area contributed by atoms with E-state index in [1.165, 1.54) is 0 Å². The zero-order chi connectivity index (χ0) is 15.5. The Morgan fingerprint density at radius 3 is 2.41 bits per heavy atom. The number of rotatable bonds is 4. The maximum atomic E-state index is 12.8. The predicted octanol–water partition coefficient (Wildman–Crippen LogP) is 3.58. The second-order valence-electron chi connectivity index (χ2n) is 4.84. The smallest absolute Gasteiger partial charge is 0.355 e. The van der Waals surface area contributed by atoms with Crippen molar-refractivity contribution in [3.8, 4) is 0 Å². The van der Waals surface area contributed by atoms with E-state index in [1.807, 2.05) is 30.3 Å². The molecule has 22 heavy (non-hydrogen) atoms. The number of carbonyl (C=O) groups is 2. The third-order valence-electron chi connectivity index (χ3n) is 3.45. The van der Waals surface area contributed by atoms with E-state index in [-0.39, 0.29) is 18.1 Å². The van der Waals surface area contributed by atoms with Gasteiger partial charge in [-0.15, -0.1) is 0 Å². The lowest BCUT2D eigenvalue weighted by atomic mass is 10.00. The third-order valence-corrected chi connectivity index (χ3v) is 3.45. The summed E-state index contributed by atoms with van der Waals surface area (Å²) < 4.78 is 5.06. The molecule has 0 saturated carbocycles. The van der Waals surface area contributed by atoms with Crippen LogP contribution in [0, 0.1) is 0 Å². The van der Waals surface area contributed by atoms with Gasteiger partial charge in [-0.05, 0) is 13.0 Å². The number of ketones is 1. The topological polar surface area (TPSA) is 59.2 Å². The number of hydrogen-bond acceptors (Lipinski definition) is 3. The summed E-state index contributed by atoms with van der Waals surface area (Å²) in [4.78, 5) is 28.0. The minimum absolute atomic E-state index is 0.193. The molecule has 0 atom stereocenters. The second-order valence-corrected chi connectivity index (χ2v) is 4.84. The molecule has 0 spiro atoms. The van der Waals surface area contributed by atoms with Crippen molar-refractivity contribution < 1.29 is 14.3 Å². The summed E-state index contributed by atoms with van der Waals surface area (Å²) in [5.74, 6) is -0.709. The first-order chi connectivity index (χ1) is 10.7. The molecule has 0 aliphatic carbocycles. The van der Waals surface area contributed by atoms with Crippen LogP contribution in [0.1, 0.15) is 33.3 Å². The van der Waals surface area contributed by atoms with Gasteiger partial charge >= 0.3 is 5.97 Å². The van der Waals surface area contributed by atoms with Gasteiger partial charge < -0.3 is 9.72 Å². The molecule has 110 valence electrons. The van der Waals surface area contributed by atoms with Crippen molar-refractivity contribution in [3.63, 3.8) is 0 Å². The van der Waals surface area contributed by atoms with Crippen molar-refractivity contribution in [1.29, 1.82) is 0 Å². The summed E-state index contributed by atoms with van der Waals surface area (Å²) in [6.45, 7) is 1.99. The first kappa shape index (κ1) is 14.1. The lowest BCUT2D eigenvalue weighted by molar-refractivity contribution is 0.0518. The molecule has 0 amide bonds. The summed E-state index contributed by atoms with van der Waals surface area (Å²) in [6.07, 6.45) is 0. The van der Waals surface area contributed by atoms with Gasteiger partial charge in [-0.1, -0.05) is 48.5 Å². The molecule has 3 rings (SSSR count). The lowest BCUT2D eigenvalue weighted by Gasteiger charge is -2.04. The Morgan fingerprint density at radius 2 is 1.68 bits per heavy atom. The van der Waals surface area contributed by atoms with Gasteiger partial charge in [0.1, 0.15) is 5.69 Å². The monoisotopic (exact) mass is 293 g/mol. The first-order valence-electron chi connectivity index (χ1n) is 7.10. The van der Waals surface area contributed by atoms with E-state index in [2.05, 4.69) is 4.98 Å². The fourth-order valence-corrected chi connectivity index (χ4v) is 2.47. The Morgan fingerprint density at radius 1 is 1.00 bits per heavy atom. The summed E-state index contributed by atoms with van der Waals surface area (Å²) in [7, 11) is 0. The predicted molar refractivity (Wildman–Crippen MR) is 84.1 cm³/mol. The molecule has 0 fully saturated rings. The maximum absolute atomic E-state index is 12.8. The molecule has 0 saturated heterocycles. The number of H-pyrrole nitrogens is 1. The van der Waals surface area contributed by atoms with E-state index in [0.717, 1.165) is 10.9 Å². The van der Waals surface area contributed by atoms with Crippen molar-refractivity contribution in [1.82, 2.24) is 4.98 Å². The van der Waals surface area contributed by atoms with Gasteiger partial charge in [0.25, 0.3) is 0 Å². The summed E-state index contributed by atoms with van der Waals surface area (Å²) in [5, 5.41) is 0.722. The molecular weight excluding hydrogens is 278 g/mol. The summed E-state index contributed by atoms with van der Waals surface area (Å²) in [6, 6.07) is 16.3. The average molecular weight is 293 g/mol. The maximum Gasteiger partial charge on any atom is 0.355 e. The second kappa shape index (κ2) is 5.85. The summed E-state index contributed by atoms with van der Waals surface area (Å²) in [5.41, 5.74) is 1.85. The van der Waals surface area contributed by atoms with Crippen LogP contribution in [0.3, 0.4) is 0 Å². The van der Waals surface area contributed by atoms with E-state index >= 15 is 0 Å². The normalized spacial score (nSPS) is 10.6. The van der Waals surface area contributed by atoms with Gasteiger partial charge in [-0.3, -0.25) is 4.79 Å². The van der Waals surface area contributed by atoms with Crippen LogP contribution in [0.15, 0.2) is 54.6 Å². The fraction of sp³-hybridized carbons (Fsp3) is 0.111. The molecule has 0 unspecified atom stereocenters. The van der Waals surface area contributed by atoms with Crippen LogP contribution in [0.4, 0.5) is 0 Å². The Kier molecular flexibility index (Phi) is 3.74. The van der Waals surface area contributed by atoms with E-state index < -0.39 is 5.97 Å². The average Bonchev–Trinajstić information content (AvgIpc) is 2.95. The van der Waals surface area contributed by atoms with Crippen LogP contribution in [-0.2, 0) is 4.74 Å². The molecule has 1 aromatic heterocycles. The number of aromatic nitrogens is 1. The number of hydrogen-bond donors (Lipinski definition) is 1. The number of benzene rings is 2. The van der Waals surface area contributed by atoms with E-state index in [4.69, 9.17) is 4.74 Å². The van der Waals surface area contributed by atoms with Gasteiger partial charge in [0.05, 0.1) is 12.2 Å². The Bertz CT molecular complexity index is 834. The highest BCUT2D eigenvalue weighted by atomic mass is 16.5. The minimum Gasteiger partial charge on any atom is -0.461 e. The Labute approximate surface area is 127 Å². The molecule has 3 aromatic rings. The molecular formula is C18H15NO3. The number of nitrogens with one attached hydrogen (secondary N) is 1. The molecule has 0 radical (unpaired) electrons. The van der Waals surface area contributed by atoms with Crippen molar-refractivity contribution in [3.05, 3.63) is 71.4 Å². The lowest BCUT2D eigenvalue weighted by Crippen LogP contribution is -2.12. The van der Waals surface area contributed by atoms with E-state index in [9.17, 15) is 9.59 Å². The molecule has 2 aromatic carbocycles. The molecule has 1 N–H and O–H groups in total. The minimum atomic E-state index is -0.516. The van der Waals surface area contributed by atoms with Gasteiger partial charge in [0.15, 0.2) is 5.78 Å². The van der Waals surface area contributed by atoms with E-state index in [1.54, 1.807) is 31.2 Å². The highest BCUT2D eigenvalue weighted by molar-refractivity contribution is 6.21. The number of carbonyl (C=O) groups excluding carboxylic acids is 2. The molecule has 4 nitrogen and oxygen atoms in total.